The SMILES string of the molecule is c1ccc(-c2ccc(-n3c4ccccc4c4cc(-c5ccc(N(c6ccc(-c7ccc8sc9ccccc9c8c7)cc6)c6cccc7ccccc67)cc5)ccc43)cc2)cc1. The quantitative estimate of drug-likeness (QED) is 0.156. The Morgan fingerprint density at radius 3 is 1.57 bits per heavy atom. The van der Waals surface area contributed by atoms with Crippen LogP contribution in [0.3, 0.4) is 0 Å². The summed E-state index contributed by atoms with van der Waals surface area (Å²) in [5.41, 5.74) is 14.2. The fraction of sp³-hybridized carbons (Fsp3) is 0. The largest absolute Gasteiger partial charge is 0.310 e. The van der Waals surface area contributed by atoms with Crippen LogP contribution in [0.4, 0.5) is 17.1 Å². The van der Waals surface area contributed by atoms with Gasteiger partial charge in [-0.2, -0.15) is 0 Å². The Hall–Kier alpha value is -7.72. The molecule has 286 valence electrons. The molecule has 0 amide bonds. The average Bonchev–Trinajstić information content (AvgIpc) is 3.88. The van der Waals surface area contributed by atoms with Gasteiger partial charge in [0, 0.05) is 53.4 Å². The van der Waals surface area contributed by atoms with Crippen molar-refractivity contribution in [3.63, 3.8) is 0 Å². The van der Waals surface area contributed by atoms with Gasteiger partial charge in [0.25, 0.3) is 0 Å². The van der Waals surface area contributed by atoms with E-state index in [1.54, 1.807) is 0 Å². The molecule has 0 bridgehead atoms. The van der Waals surface area contributed by atoms with E-state index in [1.165, 1.54) is 86.1 Å². The molecule has 0 radical (unpaired) electrons. The second kappa shape index (κ2) is 14.5. The first-order valence-corrected chi connectivity index (χ1v) is 21.6. The summed E-state index contributed by atoms with van der Waals surface area (Å²) in [6, 6.07) is 84.1. The Bertz CT molecular complexity index is 3560. The molecule has 0 atom stereocenters. The zero-order valence-electron chi connectivity index (χ0n) is 33.2. The average molecular weight is 795 g/mol. The summed E-state index contributed by atoms with van der Waals surface area (Å²) in [4.78, 5) is 2.39. The van der Waals surface area contributed by atoms with Crippen LogP contribution >= 0.6 is 11.3 Å². The van der Waals surface area contributed by atoms with Gasteiger partial charge in [0.1, 0.15) is 0 Å². The van der Waals surface area contributed by atoms with Gasteiger partial charge < -0.3 is 9.47 Å². The number of rotatable bonds is 7. The predicted octanol–water partition coefficient (Wildman–Crippen LogP) is 16.8. The number of thiophene rings is 1. The molecule has 2 nitrogen and oxygen atoms in total. The maximum Gasteiger partial charge on any atom is 0.0541 e. The van der Waals surface area contributed by atoms with Crippen LogP contribution in [0.25, 0.3) is 91.8 Å². The van der Waals surface area contributed by atoms with E-state index in [0.717, 1.165) is 22.7 Å². The molecular formula is C58H38N2S. The Kier molecular flexibility index (Phi) is 8.39. The lowest BCUT2D eigenvalue weighted by atomic mass is 10.0. The van der Waals surface area contributed by atoms with Crippen LogP contribution in [0.15, 0.2) is 231 Å². The molecule has 0 saturated heterocycles. The van der Waals surface area contributed by atoms with Gasteiger partial charge in [-0.15, -0.1) is 11.3 Å². The Morgan fingerprint density at radius 1 is 0.311 bits per heavy atom. The van der Waals surface area contributed by atoms with E-state index in [0.29, 0.717) is 0 Å². The van der Waals surface area contributed by atoms with Gasteiger partial charge in [-0.3, -0.25) is 0 Å². The number of hydrogen-bond donors (Lipinski definition) is 0. The highest BCUT2D eigenvalue weighted by Crippen LogP contribution is 2.42. The van der Waals surface area contributed by atoms with Crippen LogP contribution in [0, 0.1) is 0 Å². The van der Waals surface area contributed by atoms with Crippen molar-refractivity contribution in [3.8, 4) is 39.1 Å². The summed E-state index contributed by atoms with van der Waals surface area (Å²) < 4.78 is 5.04. The first-order chi connectivity index (χ1) is 30.2. The number of fused-ring (bicyclic) bond motifs is 7. The first kappa shape index (κ1) is 35.2. The molecule has 0 saturated carbocycles. The van der Waals surface area contributed by atoms with E-state index in [2.05, 4.69) is 240 Å². The molecule has 2 heterocycles. The fourth-order valence-corrected chi connectivity index (χ4v) is 10.3. The van der Waals surface area contributed by atoms with E-state index >= 15 is 0 Å². The second-order valence-corrected chi connectivity index (χ2v) is 16.8. The molecule has 2 aromatic heterocycles. The van der Waals surface area contributed by atoms with Gasteiger partial charge in [0.2, 0.25) is 0 Å². The maximum absolute atomic E-state index is 2.39. The number of hydrogen-bond acceptors (Lipinski definition) is 2. The number of aromatic nitrogens is 1. The summed E-state index contributed by atoms with van der Waals surface area (Å²) in [6.07, 6.45) is 0. The molecule has 12 aromatic rings. The van der Waals surface area contributed by atoms with Crippen LogP contribution in [0.1, 0.15) is 0 Å². The van der Waals surface area contributed by atoms with Gasteiger partial charge in [0.05, 0.1) is 16.7 Å². The highest BCUT2D eigenvalue weighted by molar-refractivity contribution is 7.25. The van der Waals surface area contributed by atoms with E-state index in [9.17, 15) is 0 Å². The van der Waals surface area contributed by atoms with Crippen LogP contribution in [-0.4, -0.2) is 4.57 Å². The van der Waals surface area contributed by atoms with Crippen molar-refractivity contribution in [3.05, 3.63) is 231 Å². The minimum Gasteiger partial charge on any atom is -0.310 e. The molecule has 0 aliphatic carbocycles. The Morgan fingerprint density at radius 2 is 0.820 bits per heavy atom. The van der Waals surface area contributed by atoms with Gasteiger partial charge in [-0.05, 0) is 118 Å². The zero-order valence-corrected chi connectivity index (χ0v) is 34.1. The monoisotopic (exact) mass is 794 g/mol. The summed E-state index contributed by atoms with van der Waals surface area (Å²) in [6.45, 7) is 0. The molecule has 0 spiro atoms. The molecule has 12 rings (SSSR count). The Balaban J connectivity index is 0.916. The highest BCUT2D eigenvalue weighted by atomic mass is 32.1. The Labute approximate surface area is 358 Å². The standard InChI is InChI=1S/C58H38N2S/c1-2-11-39(12-3-1)40-21-33-48(34-22-40)60-55-18-8-6-16-50(55)52-37-44(27-35-56(52)60)41-23-29-46(30-24-41)59(54-19-10-14-43-13-4-5-15-49(43)54)47-31-25-42(26-32-47)45-28-36-58-53(38-45)51-17-7-9-20-57(51)61-58/h1-38H. The van der Waals surface area contributed by atoms with Gasteiger partial charge >= 0.3 is 0 Å². The van der Waals surface area contributed by atoms with Gasteiger partial charge in [-0.1, -0.05) is 152 Å². The molecule has 0 unspecified atom stereocenters. The topological polar surface area (TPSA) is 8.17 Å². The van der Waals surface area contributed by atoms with Crippen LogP contribution in [-0.2, 0) is 0 Å². The zero-order chi connectivity index (χ0) is 40.3. The highest BCUT2D eigenvalue weighted by Gasteiger charge is 2.18. The van der Waals surface area contributed by atoms with Crippen molar-refractivity contribution >= 4 is 81.1 Å². The molecule has 61 heavy (non-hydrogen) atoms. The number of nitrogens with zero attached hydrogens (tertiary/aromatic N) is 2. The van der Waals surface area contributed by atoms with Crippen molar-refractivity contribution < 1.29 is 0 Å². The lowest BCUT2D eigenvalue weighted by molar-refractivity contribution is 1.18. The lowest BCUT2D eigenvalue weighted by Crippen LogP contribution is -2.10. The van der Waals surface area contributed by atoms with Gasteiger partial charge in [-0.25, -0.2) is 0 Å². The van der Waals surface area contributed by atoms with Gasteiger partial charge in [0.15, 0.2) is 0 Å². The molecule has 0 aliphatic heterocycles. The van der Waals surface area contributed by atoms with Crippen LogP contribution < -0.4 is 4.90 Å². The number of benzene rings is 10. The van der Waals surface area contributed by atoms with Crippen molar-refractivity contribution in [2.45, 2.75) is 0 Å². The van der Waals surface area contributed by atoms with E-state index in [4.69, 9.17) is 0 Å². The molecular weight excluding hydrogens is 757 g/mol. The summed E-state index contributed by atoms with van der Waals surface area (Å²) >= 11 is 1.86. The summed E-state index contributed by atoms with van der Waals surface area (Å²) in [5, 5.41) is 7.56. The normalized spacial score (nSPS) is 11.6. The lowest BCUT2D eigenvalue weighted by Gasteiger charge is -2.27. The first-order valence-electron chi connectivity index (χ1n) is 20.8. The smallest absolute Gasteiger partial charge is 0.0541 e. The van der Waals surface area contributed by atoms with Crippen LogP contribution in [0.5, 0.6) is 0 Å². The van der Waals surface area contributed by atoms with Crippen molar-refractivity contribution in [2.24, 2.45) is 0 Å². The molecule has 0 fully saturated rings. The third-order valence-corrected chi connectivity index (χ3v) is 13.4. The molecule has 0 aliphatic rings. The molecule has 3 heteroatoms. The second-order valence-electron chi connectivity index (χ2n) is 15.7. The van der Waals surface area contributed by atoms with E-state index < -0.39 is 0 Å². The van der Waals surface area contributed by atoms with E-state index in [1.807, 2.05) is 11.3 Å². The summed E-state index contributed by atoms with van der Waals surface area (Å²) in [5.74, 6) is 0. The third kappa shape index (κ3) is 6.09. The van der Waals surface area contributed by atoms with Crippen molar-refractivity contribution in [1.82, 2.24) is 4.57 Å². The molecule has 0 N–H and O–H groups in total. The van der Waals surface area contributed by atoms with Crippen molar-refractivity contribution in [1.29, 1.82) is 0 Å². The predicted molar refractivity (Wildman–Crippen MR) is 262 cm³/mol. The van der Waals surface area contributed by atoms with E-state index in [-0.39, 0.29) is 0 Å². The number of anilines is 3. The third-order valence-electron chi connectivity index (χ3n) is 12.2. The summed E-state index contributed by atoms with van der Waals surface area (Å²) in [7, 11) is 0. The van der Waals surface area contributed by atoms with Crippen molar-refractivity contribution in [2.75, 3.05) is 4.90 Å². The maximum atomic E-state index is 2.39. The molecule has 10 aromatic carbocycles. The number of para-hydroxylation sites is 1. The van der Waals surface area contributed by atoms with Crippen LogP contribution in [0.2, 0.25) is 0 Å². The minimum absolute atomic E-state index is 1.11. The fourth-order valence-electron chi connectivity index (χ4n) is 9.21. The minimum atomic E-state index is 1.11.